The molecule has 92 valence electrons. The van der Waals surface area contributed by atoms with Gasteiger partial charge in [0.2, 0.25) is 0 Å². The quantitative estimate of drug-likeness (QED) is 0.599. The Morgan fingerprint density at radius 1 is 1.18 bits per heavy atom. The topological polar surface area (TPSA) is 73.1 Å². The number of rotatable bonds is 2. The number of fused-ring (bicyclic) bond motifs is 1. The van der Waals surface area contributed by atoms with E-state index in [0.717, 1.165) is 49.6 Å². The Labute approximate surface area is 101 Å². The fraction of sp³-hybridized carbons (Fsp3) is 0.667. The largest absolute Gasteiger partial charge is 0.370 e. The van der Waals surface area contributed by atoms with Gasteiger partial charge < -0.3 is 10.2 Å². The van der Waals surface area contributed by atoms with Gasteiger partial charge in [0.1, 0.15) is 11.9 Å². The molecule has 2 aliphatic rings. The summed E-state index contributed by atoms with van der Waals surface area (Å²) in [5, 5.41) is 0. The highest BCUT2D eigenvalue weighted by molar-refractivity contribution is 5.47. The van der Waals surface area contributed by atoms with E-state index in [1.54, 1.807) is 0 Å². The van der Waals surface area contributed by atoms with Gasteiger partial charge >= 0.3 is 0 Å². The molecule has 0 bridgehead atoms. The Balaban J connectivity index is 1.99. The molecule has 1 saturated heterocycles. The van der Waals surface area contributed by atoms with Gasteiger partial charge in [-0.3, -0.25) is 0 Å². The van der Waals surface area contributed by atoms with E-state index in [-0.39, 0.29) is 6.10 Å². The first kappa shape index (κ1) is 10.9. The minimum absolute atomic E-state index is 0.0642. The predicted octanol–water partition coefficient (Wildman–Crippen LogP) is 1.49. The third kappa shape index (κ3) is 2.00. The molecule has 1 fully saturated rings. The number of ether oxygens (including phenoxy) is 1. The Morgan fingerprint density at radius 2 is 2.06 bits per heavy atom. The van der Waals surface area contributed by atoms with Crippen molar-refractivity contribution in [3.63, 3.8) is 0 Å². The molecule has 0 saturated carbocycles. The lowest BCUT2D eigenvalue weighted by Gasteiger charge is -2.20. The van der Waals surface area contributed by atoms with Crippen LogP contribution in [-0.4, -0.2) is 16.6 Å². The molecule has 2 heterocycles. The van der Waals surface area contributed by atoms with Gasteiger partial charge in [0, 0.05) is 17.9 Å². The number of nitrogen functional groups attached to an aromatic ring is 1. The lowest BCUT2D eigenvalue weighted by atomic mass is 9.96. The number of aromatic nitrogens is 2. The van der Waals surface area contributed by atoms with E-state index in [1.165, 1.54) is 18.4 Å². The Bertz CT molecular complexity index is 398. The van der Waals surface area contributed by atoms with Gasteiger partial charge in [-0.15, -0.1) is 0 Å². The SMILES string of the molecule is NNc1nc(C2CCCO2)nc2c1CCCC2. The molecule has 1 unspecified atom stereocenters. The van der Waals surface area contributed by atoms with Gasteiger partial charge in [0.25, 0.3) is 0 Å². The summed E-state index contributed by atoms with van der Waals surface area (Å²) in [5.41, 5.74) is 5.06. The van der Waals surface area contributed by atoms with E-state index in [0.29, 0.717) is 0 Å². The average molecular weight is 234 g/mol. The van der Waals surface area contributed by atoms with Gasteiger partial charge in [-0.1, -0.05) is 0 Å². The zero-order valence-electron chi connectivity index (χ0n) is 9.91. The van der Waals surface area contributed by atoms with Gasteiger partial charge in [0.05, 0.1) is 0 Å². The molecule has 1 aliphatic carbocycles. The normalized spacial score (nSPS) is 23.5. The first-order valence-electron chi connectivity index (χ1n) is 6.36. The van der Waals surface area contributed by atoms with Crippen molar-refractivity contribution in [1.29, 1.82) is 0 Å². The molecule has 3 rings (SSSR count). The summed E-state index contributed by atoms with van der Waals surface area (Å²) >= 11 is 0. The van der Waals surface area contributed by atoms with Crippen LogP contribution in [0, 0.1) is 0 Å². The van der Waals surface area contributed by atoms with Crippen molar-refractivity contribution in [3.8, 4) is 0 Å². The lowest BCUT2D eigenvalue weighted by molar-refractivity contribution is 0.105. The van der Waals surface area contributed by atoms with E-state index in [1.807, 2.05) is 0 Å². The molecule has 0 radical (unpaired) electrons. The second-order valence-corrected chi connectivity index (χ2v) is 4.71. The van der Waals surface area contributed by atoms with Crippen LogP contribution < -0.4 is 11.3 Å². The first-order valence-corrected chi connectivity index (χ1v) is 6.36. The molecule has 5 heteroatoms. The predicted molar refractivity (Wildman–Crippen MR) is 64.4 cm³/mol. The van der Waals surface area contributed by atoms with E-state index in [2.05, 4.69) is 15.4 Å². The van der Waals surface area contributed by atoms with Crippen LogP contribution in [0.2, 0.25) is 0 Å². The fourth-order valence-electron chi connectivity index (χ4n) is 2.66. The van der Waals surface area contributed by atoms with Gasteiger partial charge in [0.15, 0.2) is 5.82 Å². The molecule has 0 aromatic carbocycles. The molecule has 0 amide bonds. The van der Waals surface area contributed by atoms with Crippen molar-refractivity contribution in [2.24, 2.45) is 5.84 Å². The third-order valence-corrected chi connectivity index (χ3v) is 3.55. The van der Waals surface area contributed by atoms with Gasteiger partial charge in [-0.05, 0) is 38.5 Å². The summed E-state index contributed by atoms with van der Waals surface area (Å²) in [5.74, 6) is 7.15. The maximum absolute atomic E-state index is 5.64. The van der Waals surface area contributed by atoms with Crippen molar-refractivity contribution >= 4 is 5.82 Å². The number of nitrogens with one attached hydrogen (secondary N) is 1. The number of nitrogens with zero attached hydrogens (tertiary/aromatic N) is 2. The zero-order chi connectivity index (χ0) is 11.7. The summed E-state index contributed by atoms with van der Waals surface area (Å²) in [6.45, 7) is 0.816. The van der Waals surface area contributed by atoms with Crippen molar-refractivity contribution < 1.29 is 4.74 Å². The van der Waals surface area contributed by atoms with Crippen LogP contribution >= 0.6 is 0 Å². The molecule has 1 aliphatic heterocycles. The van der Waals surface area contributed by atoms with Crippen molar-refractivity contribution in [2.45, 2.75) is 44.6 Å². The molecular formula is C12H18N4O. The lowest BCUT2D eigenvalue weighted by Crippen LogP contribution is -2.19. The highest BCUT2D eigenvalue weighted by atomic mass is 16.5. The van der Waals surface area contributed by atoms with Crippen LogP contribution in [0.25, 0.3) is 0 Å². The highest BCUT2D eigenvalue weighted by Gasteiger charge is 2.24. The maximum atomic E-state index is 5.64. The molecule has 1 aromatic rings. The number of nitrogens with two attached hydrogens (primary N) is 1. The monoisotopic (exact) mass is 234 g/mol. The zero-order valence-corrected chi connectivity index (χ0v) is 9.91. The van der Waals surface area contributed by atoms with E-state index in [9.17, 15) is 0 Å². The minimum atomic E-state index is 0.0642. The van der Waals surface area contributed by atoms with Crippen molar-refractivity contribution in [1.82, 2.24) is 9.97 Å². The number of aryl methyl sites for hydroxylation is 1. The average Bonchev–Trinajstić information content (AvgIpc) is 2.91. The van der Waals surface area contributed by atoms with Crippen LogP contribution in [0.3, 0.4) is 0 Å². The fourth-order valence-corrected chi connectivity index (χ4v) is 2.66. The number of anilines is 1. The van der Waals surface area contributed by atoms with Crippen LogP contribution in [0.15, 0.2) is 0 Å². The Morgan fingerprint density at radius 3 is 2.82 bits per heavy atom. The Kier molecular flexibility index (Phi) is 2.94. The molecule has 1 aromatic heterocycles. The van der Waals surface area contributed by atoms with Crippen molar-refractivity contribution in [3.05, 3.63) is 17.1 Å². The molecule has 0 spiro atoms. The highest BCUT2D eigenvalue weighted by Crippen LogP contribution is 2.30. The number of hydrogen-bond donors (Lipinski definition) is 2. The Hall–Kier alpha value is -1.20. The summed E-state index contributed by atoms with van der Waals surface area (Å²) in [4.78, 5) is 9.19. The minimum Gasteiger partial charge on any atom is -0.370 e. The standard InChI is InChI=1S/C12H18N4O/c13-16-11-8-4-1-2-5-9(8)14-12(15-11)10-6-3-7-17-10/h10H,1-7,13H2,(H,14,15,16). The molecular weight excluding hydrogens is 216 g/mol. The van der Waals surface area contributed by atoms with Crippen molar-refractivity contribution in [2.75, 3.05) is 12.0 Å². The molecule has 5 nitrogen and oxygen atoms in total. The summed E-state index contributed by atoms with van der Waals surface area (Å²) in [6.07, 6.45) is 6.64. The summed E-state index contributed by atoms with van der Waals surface area (Å²) in [6, 6.07) is 0. The van der Waals surface area contributed by atoms with Gasteiger partial charge in [-0.2, -0.15) is 0 Å². The first-order chi connectivity index (χ1) is 8.38. The number of hydrogen-bond acceptors (Lipinski definition) is 5. The summed E-state index contributed by atoms with van der Waals surface area (Å²) in [7, 11) is 0. The van der Waals surface area contributed by atoms with Crippen LogP contribution in [0.5, 0.6) is 0 Å². The summed E-state index contributed by atoms with van der Waals surface area (Å²) < 4.78 is 5.64. The van der Waals surface area contributed by atoms with E-state index < -0.39 is 0 Å². The second kappa shape index (κ2) is 4.58. The number of hydrazine groups is 1. The maximum Gasteiger partial charge on any atom is 0.159 e. The van der Waals surface area contributed by atoms with E-state index in [4.69, 9.17) is 10.6 Å². The van der Waals surface area contributed by atoms with Gasteiger partial charge in [-0.25, -0.2) is 15.8 Å². The van der Waals surface area contributed by atoms with Crippen LogP contribution in [0.1, 0.15) is 48.9 Å². The molecule has 3 N–H and O–H groups in total. The molecule has 17 heavy (non-hydrogen) atoms. The van der Waals surface area contributed by atoms with Crippen LogP contribution in [-0.2, 0) is 17.6 Å². The van der Waals surface area contributed by atoms with E-state index >= 15 is 0 Å². The van der Waals surface area contributed by atoms with Crippen LogP contribution in [0.4, 0.5) is 5.82 Å². The second-order valence-electron chi connectivity index (χ2n) is 4.71. The smallest absolute Gasteiger partial charge is 0.159 e. The molecule has 1 atom stereocenters. The third-order valence-electron chi connectivity index (χ3n) is 3.55.